The minimum Gasteiger partial charge on any atom is -0.496 e. The first-order chi connectivity index (χ1) is 10.1. The van der Waals surface area contributed by atoms with Gasteiger partial charge in [0.25, 0.3) is 0 Å². The lowest BCUT2D eigenvalue weighted by molar-refractivity contribution is -0.143. The molecule has 0 aromatic heterocycles. The lowest BCUT2D eigenvalue weighted by Crippen LogP contribution is -2.46. The molecule has 0 aliphatic carbocycles. The van der Waals surface area contributed by atoms with E-state index in [1.165, 1.54) is 7.11 Å². The van der Waals surface area contributed by atoms with Gasteiger partial charge < -0.3 is 19.9 Å². The number of carboxylic acids is 1. The largest absolute Gasteiger partial charge is 0.496 e. The number of carbonyl (C=O) groups is 2. The first-order valence-electron chi connectivity index (χ1n) is 6.88. The van der Waals surface area contributed by atoms with Gasteiger partial charge in [-0.2, -0.15) is 0 Å². The fourth-order valence-corrected chi connectivity index (χ4v) is 2.34. The zero-order chi connectivity index (χ0) is 15.2. The number of para-hydroxylation sites is 1. The summed E-state index contributed by atoms with van der Waals surface area (Å²) < 4.78 is 10.5. The molecule has 2 atom stereocenters. The molecule has 0 unspecified atom stereocenters. The smallest absolute Gasteiger partial charge is 0.326 e. The van der Waals surface area contributed by atoms with Gasteiger partial charge in [0.05, 0.1) is 7.11 Å². The van der Waals surface area contributed by atoms with Crippen LogP contribution in [0, 0.1) is 0 Å². The molecule has 114 valence electrons. The maximum Gasteiger partial charge on any atom is 0.326 e. The van der Waals surface area contributed by atoms with Crippen molar-refractivity contribution >= 4 is 11.9 Å². The monoisotopic (exact) mass is 293 g/mol. The van der Waals surface area contributed by atoms with Gasteiger partial charge in [0.2, 0.25) is 5.91 Å². The van der Waals surface area contributed by atoms with Crippen LogP contribution in [0.5, 0.6) is 5.75 Å². The standard InChI is InChI=1S/C15H19NO5/c1-20-12-6-3-2-5-10(12)9-11(15(18)19)16-14(17)13-7-4-8-21-13/h2-3,5-6,11,13H,4,7-9H2,1H3,(H,16,17)(H,18,19)/t11-,13+/m0/s1. The average Bonchev–Trinajstić information content (AvgIpc) is 3.01. The van der Waals surface area contributed by atoms with E-state index in [4.69, 9.17) is 9.47 Å². The lowest BCUT2D eigenvalue weighted by atomic mass is 10.0. The molecule has 6 nitrogen and oxygen atoms in total. The summed E-state index contributed by atoms with van der Waals surface area (Å²) in [6.07, 6.45) is 1.08. The van der Waals surface area contributed by atoms with E-state index in [1.54, 1.807) is 18.2 Å². The Labute approximate surface area is 123 Å². The second-order valence-corrected chi connectivity index (χ2v) is 4.92. The van der Waals surface area contributed by atoms with Gasteiger partial charge in [0.1, 0.15) is 17.9 Å². The predicted molar refractivity (Wildman–Crippen MR) is 75.2 cm³/mol. The summed E-state index contributed by atoms with van der Waals surface area (Å²) in [5.41, 5.74) is 0.736. The highest BCUT2D eigenvalue weighted by molar-refractivity contribution is 5.86. The first kappa shape index (κ1) is 15.3. The Morgan fingerprint density at radius 1 is 1.48 bits per heavy atom. The van der Waals surface area contributed by atoms with Crippen molar-refractivity contribution < 1.29 is 24.2 Å². The molecular weight excluding hydrogens is 274 g/mol. The molecule has 1 heterocycles. The Kier molecular flexibility index (Phi) is 5.16. The molecule has 1 fully saturated rings. The quantitative estimate of drug-likeness (QED) is 0.817. The molecule has 6 heteroatoms. The van der Waals surface area contributed by atoms with Crippen LogP contribution in [-0.2, 0) is 20.7 Å². The minimum atomic E-state index is -1.08. The van der Waals surface area contributed by atoms with Crippen molar-refractivity contribution in [1.29, 1.82) is 0 Å². The SMILES string of the molecule is COc1ccccc1C[C@H](NC(=O)[C@H]1CCCO1)C(=O)O. The zero-order valence-electron chi connectivity index (χ0n) is 11.9. The molecule has 1 aliphatic rings. The highest BCUT2D eigenvalue weighted by Gasteiger charge is 2.28. The maximum atomic E-state index is 12.0. The van der Waals surface area contributed by atoms with Crippen molar-refractivity contribution in [3.05, 3.63) is 29.8 Å². The lowest BCUT2D eigenvalue weighted by Gasteiger charge is -2.18. The van der Waals surface area contributed by atoms with Crippen LogP contribution in [0.1, 0.15) is 18.4 Å². The Balaban J connectivity index is 2.05. The fraction of sp³-hybridized carbons (Fsp3) is 0.467. The third-order valence-electron chi connectivity index (χ3n) is 3.45. The van der Waals surface area contributed by atoms with E-state index in [0.717, 1.165) is 12.0 Å². The van der Waals surface area contributed by atoms with E-state index in [-0.39, 0.29) is 12.3 Å². The van der Waals surface area contributed by atoms with Crippen LogP contribution < -0.4 is 10.1 Å². The first-order valence-corrected chi connectivity index (χ1v) is 6.88. The summed E-state index contributed by atoms with van der Waals surface area (Å²) in [4.78, 5) is 23.3. The zero-order valence-corrected chi connectivity index (χ0v) is 11.9. The number of carbonyl (C=O) groups excluding carboxylic acids is 1. The number of aliphatic carboxylic acids is 1. The molecule has 0 radical (unpaired) electrons. The van der Waals surface area contributed by atoms with Crippen LogP contribution in [0.4, 0.5) is 0 Å². The van der Waals surface area contributed by atoms with Crippen LogP contribution in [0.25, 0.3) is 0 Å². The van der Waals surface area contributed by atoms with Gasteiger partial charge in [0, 0.05) is 13.0 Å². The molecular formula is C15H19NO5. The number of benzene rings is 1. The van der Waals surface area contributed by atoms with Gasteiger partial charge in [0.15, 0.2) is 0 Å². The fourth-order valence-electron chi connectivity index (χ4n) is 2.34. The maximum absolute atomic E-state index is 12.0. The number of nitrogens with one attached hydrogen (secondary N) is 1. The Morgan fingerprint density at radius 3 is 2.86 bits per heavy atom. The number of hydrogen-bond acceptors (Lipinski definition) is 4. The summed E-state index contributed by atoms with van der Waals surface area (Å²) >= 11 is 0. The molecule has 2 rings (SSSR count). The molecule has 1 aromatic carbocycles. The van der Waals surface area contributed by atoms with Crippen molar-refractivity contribution in [1.82, 2.24) is 5.32 Å². The van der Waals surface area contributed by atoms with Crippen LogP contribution in [0.2, 0.25) is 0 Å². The van der Waals surface area contributed by atoms with Crippen molar-refractivity contribution in [2.75, 3.05) is 13.7 Å². The van der Waals surface area contributed by atoms with Crippen molar-refractivity contribution in [2.45, 2.75) is 31.4 Å². The number of carboxylic acid groups (broad SMARTS) is 1. The third-order valence-corrected chi connectivity index (χ3v) is 3.45. The van der Waals surface area contributed by atoms with E-state index in [0.29, 0.717) is 18.8 Å². The van der Waals surface area contributed by atoms with E-state index in [1.807, 2.05) is 6.07 Å². The number of methoxy groups -OCH3 is 1. The van der Waals surface area contributed by atoms with E-state index in [9.17, 15) is 14.7 Å². The molecule has 1 aliphatic heterocycles. The number of hydrogen-bond donors (Lipinski definition) is 2. The van der Waals surface area contributed by atoms with Gasteiger partial charge >= 0.3 is 5.97 Å². The molecule has 1 amide bonds. The molecule has 0 saturated carbocycles. The summed E-state index contributed by atoms with van der Waals surface area (Å²) in [7, 11) is 1.53. The van der Waals surface area contributed by atoms with Gasteiger partial charge in [-0.25, -0.2) is 4.79 Å². The highest BCUT2D eigenvalue weighted by atomic mass is 16.5. The number of ether oxygens (including phenoxy) is 2. The Hall–Kier alpha value is -2.08. The van der Waals surface area contributed by atoms with E-state index in [2.05, 4.69) is 5.32 Å². The van der Waals surface area contributed by atoms with Crippen LogP contribution in [0.3, 0.4) is 0 Å². The summed E-state index contributed by atoms with van der Waals surface area (Å²) in [5, 5.41) is 11.8. The second kappa shape index (κ2) is 7.08. The van der Waals surface area contributed by atoms with E-state index >= 15 is 0 Å². The Morgan fingerprint density at radius 2 is 2.24 bits per heavy atom. The van der Waals surface area contributed by atoms with Crippen molar-refractivity contribution in [2.24, 2.45) is 0 Å². The topological polar surface area (TPSA) is 84.9 Å². The molecule has 0 spiro atoms. The molecule has 1 saturated heterocycles. The predicted octanol–water partition coefficient (Wildman–Crippen LogP) is 0.986. The van der Waals surface area contributed by atoms with Crippen LogP contribution in [0.15, 0.2) is 24.3 Å². The van der Waals surface area contributed by atoms with Crippen molar-refractivity contribution in [3.8, 4) is 5.75 Å². The normalized spacial score (nSPS) is 19.0. The van der Waals surface area contributed by atoms with Gasteiger partial charge in [-0.1, -0.05) is 18.2 Å². The van der Waals surface area contributed by atoms with Gasteiger partial charge in [-0.3, -0.25) is 4.79 Å². The van der Waals surface area contributed by atoms with Crippen molar-refractivity contribution in [3.63, 3.8) is 0 Å². The highest BCUT2D eigenvalue weighted by Crippen LogP contribution is 2.19. The van der Waals surface area contributed by atoms with Gasteiger partial charge in [-0.15, -0.1) is 0 Å². The summed E-state index contributed by atoms with van der Waals surface area (Å²) in [6, 6.07) is 6.16. The van der Waals surface area contributed by atoms with Gasteiger partial charge in [-0.05, 0) is 24.5 Å². The number of amides is 1. The summed E-state index contributed by atoms with van der Waals surface area (Å²) in [6.45, 7) is 0.544. The molecule has 2 N–H and O–H groups in total. The van der Waals surface area contributed by atoms with Crippen LogP contribution in [-0.4, -0.2) is 42.8 Å². The van der Waals surface area contributed by atoms with Crippen LogP contribution >= 0.6 is 0 Å². The summed E-state index contributed by atoms with van der Waals surface area (Å²) in [5.74, 6) is -0.836. The Bertz CT molecular complexity index is 511. The molecule has 0 bridgehead atoms. The molecule has 1 aromatic rings. The molecule has 21 heavy (non-hydrogen) atoms. The average molecular weight is 293 g/mol. The minimum absolute atomic E-state index is 0.164. The second-order valence-electron chi connectivity index (χ2n) is 4.92. The van der Waals surface area contributed by atoms with E-state index < -0.39 is 18.1 Å². The third kappa shape index (κ3) is 3.95. The number of rotatable bonds is 6.